The SMILES string of the molecule is CC(=O)Oc1cc2c(cc1Cl)C1(OC(=O)c3ccccc31)c1cc(Cl)c(OC(C)=O)c(CCl)c1O2. The number of esters is 3. The predicted molar refractivity (Wildman–Crippen MR) is 127 cm³/mol. The van der Waals surface area contributed by atoms with Crippen LogP contribution < -0.4 is 14.2 Å². The molecule has 0 N–H and O–H groups in total. The van der Waals surface area contributed by atoms with Crippen LogP contribution in [0.1, 0.15) is 46.5 Å². The molecule has 0 aromatic heterocycles. The Kier molecular flexibility index (Phi) is 5.67. The first kappa shape index (κ1) is 23.5. The molecule has 1 unspecified atom stereocenters. The van der Waals surface area contributed by atoms with Crippen molar-refractivity contribution in [3.63, 3.8) is 0 Å². The molecule has 5 rings (SSSR count). The summed E-state index contributed by atoms with van der Waals surface area (Å²) in [5, 5.41) is 0.176. The number of rotatable bonds is 3. The second kappa shape index (κ2) is 8.45. The maximum absolute atomic E-state index is 13.0. The van der Waals surface area contributed by atoms with Gasteiger partial charge in [-0.3, -0.25) is 9.59 Å². The van der Waals surface area contributed by atoms with E-state index < -0.39 is 23.5 Å². The summed E-state index contributed by atoms with van der Waals surface area (Å²) < 4.78 is 22.8. The third-order valence-corrected chi connectivity index (χ3v) is 6.53. The van der Waals surface area contributed by atoms with Gasteiger partial charge >= 0.3 is 17.9 Å². The molecule has 1 atom stereocenters. The topological polar surface area (TPSA) is 88.1 Å². The van der Waals surface area contributed by atoms with Gasteiger partial charge in [-0.05, 0) is 18.2 Å². The first-order chi connectivity index (χ1) is 16.7. The Labute approximate surface area is 214 Å². The van der Waals surface area contributed by atoms with E-state index in [0.29, 0.717) is 22.3 Å². The Morgan fingerprint density at radius 2 is 1.63 bits per heavy atom. The molecule has 0 saturated carbocycles. The van der Waals surface area contributed by atoms with E-state index in [0.717, 1.165) is 0 Å². The van der Waals surface area contributed by atoms with Crippen molar-refractivity contribution in [3.05, 3.63) is 80.3 Å². The standard InChI is InChI=1S/C25H15Cl3O7/c1-11(29)32-21-9-20-16(7-18(21)27)25(15-6-4-3-5-13(15)24(31)35-25)17-8-19(28)23(33-12(2)30)14(10-26)22(17)34-20/h3-9H,10H2,1-2H3. The highest BCUT2D eigenvalue weighted by molar-refractivity contribution is 6.33. The Morgan fingerprint density at radius 1 is 0.943 bits per heavy atom. The molecule has 1 spiro atoms. The minimum absolute atomic E-state index is 0.0262. The molecule has 0 amide bonds. The number of halogens is 3. The predicted octanol–water partition coefficient (Wildman–Crippen LogP) is 6.15. The Morgan fingerprint density at radius 3 is 2.31 bits per heavy atom. The molecule has 35 heavy (non-hydrogen) atoms. The normalized spacial score (nSPS) is 17.1. The molecule has 3 aromatic carbocycles. The van der Waals surface area contributed by atoms with Gasteiger partial charge in [-0.1, -0.05) is 41.4 Å². The highest BCUT2D eigenvalue weighted by Crippen LogP contribution is 2.60. The van der Waals surface area contributed by atoms with E-state index in [2.05, 4.69) is 0 Å². The van der Waals surface area contributed by atoms with E-state index in [4.69, 9.17) is 53.8 Å². The third-order valence-electron chi connectivity index (χ3n) is 5.69. The fourth-order valence-corrected chi connectivity index (χ4v) is 5.13. The van der Waals surface area contributed by atoms with Gasteiger partial charge in [0.05, 0.1) is 27.1 Å². The van der Waals surface area contributed by atoms with Gasteiger partial charge in [-0.25, -0.2) is 4.79 Å². The second-order valence-electron chi connectivity index (χ2n) is 7.86. The fourth-order valence-electron chi connectivity index (χ4n) is 4.42. The van der Waals surface area contributed by atoms with Crippen molar-refractivity contribution in [1.82, 2.24) is 0 Å². The summed E-state index contributed by atoms with van der Waals surface area (Å²) in [6.45, 7) is 2.47. The van der Waals surface area contributed by atoms with Crippen molar-refractivity contribution in [2.75, 3.05) is 0 Å². The zero-order valence-electron chi connectivity index (χ0n) is 18.2. The van der Waals surface area contributed by atoms with Gasteiger partial charge in [0.15, 0.2) is 17.1 Å². The lowest BCUT2D eigenvalue weighted by Gasteiger charge is -2.38. The zero-order chi connectivity index (χ0) is 25.1. The maximum Gasteiger partial charge on any atom is 0.340 e. The lowest BCUT2D eigenvalue weighted by molar-refractivity contribution is -0.132. The first-order valence-electron chi connectivity index (χ1n) is 10.3. The number of carbonyl (C=O) groups excluding carboxylic acids is 3. The van der Waals surface area contributed by atoms with Gasteiger partial charge in [0.1, 0.15) is 11.5 Å². The number of hydrogen-bond acceptors (Lipinski definition) is 7. The molecule has 0 radical (unpaired) electrons. The summed E-state index contributed by atoms with van der Waals surface area (Å²) in [6, 6.07) is 11.3. The quantitative estimate of drug-likeness (QED) is 0.227. The second-order valence-corrected chi connectivity index (χ2v) is 8.94. The summed E-state index contributed by atoms with van der Waals surface area (Å²) in [4.78, 5) is 36.4. The van der Waals surface area contributed by atoms with Gasteiger partial charge in [-0.2, -0.15) is 0 Å². The molecule has 7 nitrogen and oxygen atoms in total. The van der Waals surface area contributed by atoms with Crippen molar-refractivity contribution in [2.24, 2.45) is 0 Å². The van der Waals surface area contributed by atoms with Crippen LogP contribution in [0.2, 0.25) is 10.0 Å². The summed E-state index contributed by atoms with van der Waals surface area (Å²) in [6.07, 6.45) is 0. The Balaban J connectivity index is 1.88. The van der Waals surface area contributed by atoms with Crippen LogP contribution in [0.4, 0.5) is 0 Å². The van der Waals surface area contributed by atoms with Crippen LogP contribution in [0.5, 0.6) is 23.0 Å². The average Bonchev–Trinajstić information content (AvgIpc) is 3.09. The molecule has 3 aromatic rings. The van der Waals surface area contributed by atoms with Crippen LogP contribution >= 0.6 is 34.8 Å². The lowest BCUT2D eigenvalue weighted by atomic mass is 9.77. The summed E-state index contributed by atoms with van der Waals surface area (Å²) in [7, 11) is 0. The van der Waals surface area contributed by atoms with Crippen LogP contribution in [-0.4, -0.2) is 17.9 Å². The fraction of sp³-hybridized carbons (Fsp3) is 0.160. The molecule has 0 fully saturated rings. The number of benzene rings is 3. The summed E-state index contributed by atoms with van der Waals surface area (Å²) in [5.74, 6) is -1.43. The molecule has 0 saturated heterocycles. The zero-order valence-corrected chi connectivity index (χ0v) is 20.5. The summed E-state index contributed by atoms with van der Waals surface area (Å²) >= 11 is 19.3. The van der Waals surface area contributed by atoms with Crippen molar-refractivity contribution < 1.29 is 33.3 Å². The number of hydrogen-bond donors (Lipinski definition) is 0. The maximum atomic E-state index is 13.0. The van der Waals surface area contributed by atoms with Crippen molar-refractivity contribution in [2.45, 2.75) is 25.3 Å². The number of alkyl halides is 1. The summed E-state index contributed by atoms with van der Waals surface area (Å²) in [5.41, 5.74) is 0.410. The van der Waals surface area contributed by atoms with Gasteiger partial charge in [0.2, 0.25) is 0 Å². The molecule has 0 aliphatic carbocycles. The molecule has 2 aliphatic rings. The molecule has 10 heteroatoms. The highest BCUT2D eigenvalue weighted by atomic mass is 35.5. The van der Waals surface area contributed by atoms with Crippen molar-refractivity contribution in [1.29, 1.82) is 0 Å². The van der Waals surface area contributed by atoms with Crippen LogP contribution in [0.15, 0.2) is 42.5 Å². The van der Waals surface area contributed by atoms with Crippen LogP contribution in [0.25, 0.3) is 0 Å². The third kappa shape index (κ3) is 3.54. The molecule has 0 bridgehead atoms. The van der Waals surface area contributed by atoms with E-state index in [1.165, 1.54) is 32.0 Å². The largest absolute Gasteiger partial charge is 0.456 e. The van der Waals surface area contributed by atoms with Gasteiger partial charge in [0.25, 0.3) is 0 Å². The number of carbonyl (C=O) groups is 3. The van der Waals surface area contributed by atoms with Crippen molar-refractivity contribution in [3.8, 4) is 23.0 Å². The minimum Gasteiger partial charge on any atom is -0.456 e. The molecule has 2 heterocycles. The molecule has 2 aliphatic heterocycles. The lowest BCUT2D eigenvalue weighted by Crippen LogP contribution is -2.33. The van der Waals surface area contributed by atoms with Crippen molar-refractivity contribution >= 4 is 52.7 Å². The Bertz CT molecular complexity index is 1450. The van der Waals surface area contributed by atoms with Crippen LogP contribution in [-0.2, 0) is 25.8 Å². The van der Waals surface area contributed by atoms with Gasteiger partial charge in [0, 0.05) is 36.6 Å². The minimum atomic E-state index is -1.51. The van der Waals surface area contributed by atoms with E-state index in [-0.39, 0.29) is 44.5 Å². The molecular weight excluding hydrogens is 519 g/mol. The van der Waals surface area contributed by atoms with E-state index >= 15 is 0 Å². The smallest absolute Gasteiger partial charge is 0.340 e. The average molecular weight is 534 g/mol. The molecule has 178 valence electrons. The van der Waals surface area contributed by atoms with E-state index in [1.807, 2.05) is 0 Å². The number of fused-ring (bicyclic) bond motifs is 6. The Hall–Kier alpha value is -3.26. The van der Waals surface area contributed by atoms with E-state index in [9.17, 15) is 14.4 Å². The monoisotopic (exact) mass is 532 g/mol. The van der Waals surface area contributed by atoms with Gasteiger partial charge in [-0.15, -0.1) is 11.6 Å². The van der Waals surface area contributed by atoms with Crippen LogP contribution in [0.3, 0.4) is 0 Å². The first-order valence-corrected chi connectivity index (χ1v) is 11.6. The van der Waals surface area contributed by atoms with Crippen LogP contribution in [0, 0.1) is 0 Å². The molecular formula is C25H15Cl3O7. The van der Waals surface area contributed by atoms with Gasteiger partial charge < -0.3 is 18.9 Å². The van der Waals surface area contributed by atoms with E-state index in [1.54, 1.807) is 24.3 Å². The highest BCUT2D eigenvalue weighted by Gasteiger charge is 2.54. The number of ether oxygens (including phenoxy) is 4.